The molecule has 5 heteroatoms. The van der Waals surface area contributed by atoms with E-state index in [0.717, 1.165) is 18.7 Å². The van der Waals surface area contributed by atoms with E-state index < -0.39 is 9.84 Å². The summed E-state index contributed by atoms with van der Waals surface area (Å²) in [7, 11) is -2.83. The molecule has 0 saturated carbocycles. The van der Waals surface area contributed by atoms with E-state index in [2.05, 4.69) is 18.7 Å². The maximum Gasteiger partial charge on any atom is 0.151 e. The first kappa shape index (κ1) is 14.3. The summed E-state index contributed by atoms with van der Waals surface area (Å²) >= 11 is 0. The quantitative estimate of drug-likeness (QED) is 0.853. The molecule has 19 heavy (non-hydrogen) atoms. The molecule has 0 amide bonds. The van der Waals surface area contributed by atoms with Crippen molar-refractivity contribution in [2.75, 3.05) is 17.2 Å². The fraction of sp³-hybridized carbons (Fsp3) is 0.571. The molecular formula is C14H22N2O2S. The van der Waals surface area contributed by atoms with Crippen molar-refractivity contribution in [3.8, 4) is 0 Å². The Kier molecular flexibility index (Phi) is 4.16. The second-order valence-corrected chi connectivity index (χ2v) is 7.79. The average molecular weight is 282 g/mol. The van der Waals surface area contributed by atoms with Crippen molar-refractivity contribution in [2.45, 2.75) is 38.9 Å². The van der Waals surface area contributed by atoms with Crippen molar-refractivity contribution in [3.63, 3.8) is 0 Å². The Balaban J connectivity index is 2.11. The zero-order valence-corrected chi connectivity index (χ0v) is 12.4. The predicted octanol–water partition coefficient (Wildman–Crippen LogP) is 1.67. The first-order valence-electron chi connectivity index (χ1n) is 6.68. The fourth-order valence-corrected chi connectivity index (χ4v) is 4.35. The molecule has 0 aliphatic carbocycles. The Bertz CT molecular complexity index is 523. The van der Waals surface area contributed by atoms with Gasteiger partial charge in [-0.15, -0.1) is 0 Å². The number of anilines is 1. The summed E-state index contributed by atoms with van der Waals surface area (Å²) in [5, 5.41) is 0. The Labute approximate surface area is 115 Å². The molecule has 1 saturated heterocycles. The molecule has 0 spiro atoms. The minimum atomic E-state index is -2.83. The number of nitrogen functional groups attached to an aromatic ring is 1. The Morgan fingerprint density at radius 3 is 2.42 bits per heavy atom. The van der Waals surface area contributed by atoms with Gasteiger partial charge >= 0.3 is 0 Å². The van der Waals surface area contributed by atoms with Gasteiger partial charge in [0.05, 0.1) is 11.5 Å². The summed E-state index contributed by atoms with van der Waals surface area (Å²) in [5.41, 5.74) is 7.61. The third-order valence-electron chi connectivity index (χ3n) is 3.69. The second kappa shape index (κ2) is 5.51. The van der Waals surface area contributed by atoms with Gasteiger partial charge in [-0.25, -0.2) is 8.42 Å². The molecule has 1 heterocycles. The molecule has 1 aromatic rings. The van der Waals surface area contributed by atoms with Gasteiger partial charge in [0, 0.05) is 24.3 Å². The van der Waals surface area contributed by atoms with Crippen molar-refractivity contribution in [1.82, 2.24) is 4.90 Å². The molecule has 1 aliphatic heterocycles. The summed E-state index contributed by atoms with van der Waals surface area (Å²) in [6.07, 6.45) is 0.746. The largest absolute Gasteiger partial charge is 0.399 e. The number of nitrogens with zero attached hydrogens (tertiary/aromatic N) is 1. The smallest absolute Gasteiger partial charge is 0.151 e. The van der Waals surface area contributed by atoms with Crippen LogP contribution in [0.1, 0.15) is 25.8 Å². The van der Waals surface area contributed by atoms with Crippen LogP contribution in [-0.2, 0) is 16.4 Å². The van der Waals surface area contributed by atoms with Crippen LogP contribution < -0.4 is 5.73 Å². The average Bonchev–Trinajstić information content (AvgIpc) is 2.68. The third kappa shape index (κ3) is 3.70. The van der Waals surface area contributed by atoms with E-state index in [-0.39, 0.29) is 6.04 Å². The van der Waals surface area contributed by atoms with E-state index in [4.69, 9.17) is 5.73 Å². The molecule has 4 nitrogen and oxygen atoms in total. The van der Waals surface area contributed by atoms with Gasteiger partial charge in [0.25, 0.3) is 0 Å². The lowest BCUT2D eigenvalue weighted by atomic mass is 10.1. The van der Waals surface area contributed by atoms with Crippen molar-refractivity contribution in [3.05, 3.63) is 29.8 Å². The van der Waals surface area contributed by atoms with E-state index in [1.54, 1.807) is 0 Å². The SMILES string of the molecule is CC(C)N(Cc1ccc(N)cc1)C1CCS(=O)(=O)C1. The lowest BCUT2D eigenvalue weighted by Crippen LogP contribution is -2.40. The van der Waals surface area contributed by atoms with Gasteiger partial charge in [-0.05, 0) is 38.0 Å². The van der Waals surface area contributed by atoms with E-state index >= 15 is 0 Å². The van der Waals surface area contributed by atoms with E-state index in [0.29, 0.717) is 17.5 Å². The van der Waals surface area contributed by atoms with Crippen molar-refractivity contribution in [2.24, 2.45) is 0 Å². The summed E-state index contributed by atoms with van der Waals surface area (Å²) in [4.78, 5) is 2.27. The highest BCUT2D eigenvalue weighted by molar-refractivity contribution is 7.91. The minimum Gasteiger partial charge on any atom is -0.399 e. The molecule has 1 atom stereocenters. The molecule has 1 fully saturated rings. The molecule has 0 bridgehead atoms. The standard InChI is InChI=1S/C14H22N2O2S/c1-11(2)16(14-7-8-19(17,18)10-14)9-12-3-5-13(15)6-4-12/h3-6,11,14H,7-10,15H2,1-2H3. The van der Waals surface area contributed by atoms with Crippen LogP contribution in [-0.4, -0.2) is 36.9 Å². The van der Waals surface area contributed by atoms with E-state index in [1.165, 1.54) is 5.56 Å². The molecule has 1 unspecified atom stereocenters. The van der Waals surface area contributed by atoms with Crippen LogP contribution in [0.5, 0.6) is 0 Å². The number of benzene rings is 1. The lowest BCUT2D eigenvalue weighted by molar-refractivity contribution is 0.158. The first-order valence-corrected chi connectivity index (χ1v) is 8.50. The lowest BCUT2D eigenvalue weighted by Gasteiger charge is -2.32. The number of rotatable bonds is 4. The highest BCUT2D eigenvalue weighted by atomic mass is 32.2. The zero-order valence-electron chi connectivity index (χ0n) is 11.5. The zero-order chi connectivity index (χ0) is 14.0. The van der Waals surface area contributed by atoms with Gasteiger partial charge in [-0.2, -0.15) is 0 Å². The van der Waals surface area contributed by atoms with Crippen LogP contribution in [0.4, 0.5) is 5.69 Å². The number of hydrogen-bond acceptors (Lipinski definition) is 4. The molecule has 2 rings (SSSR count). The normalized spacial score (nSPS) is 22.2. The Hall–Kier alpha value is -1.07. The second-order valence-electron chi connectivity index (χ2n) is 5.56. The van der Waals surface area contributed by atoms with Gasteiger partial charge in [0.1, 0.15) is 0 Å². The van der Waals surface area contributed by atoms with Crippen LogP contribution >= 0.6 is 0 Å². The van der Waals surface area contributed by atoms with Gasteiger partial charge < -0.3 is 5.73 Å². The van der Waals surface area contributed by atoms with Crippen molar-refractivity contribution >= 4 is 15.5 Å². The van der Waals surface area contributed by atoms with Gasteiger partial charge in [0.2, 0.25) is 0 Å². The Morgan fingerprint density at radius 1 is 1.32 bits per heavy atom. The van der Waals surface area contributed by atoms with Crippen LogP contribution in [0.25, 0.3) is 0 Å². The summed E-state index contributed by atoms with van der Waals surface area (Å²) < 4.78 is 23.2. The Morgan fingerprint density at radius 2 is 1.95 bits per heavy atom. The highest BCUT2D eigenvalue weighted by Crippen LogP contribution is 2.22. The van der Waals surface area contributed by atoms with Crippen LogP contribution in [0, 0.1) is 0 Å². The maximum atomic E-state index is 11.6. The molecule has 1 aromatic carbocycles. The summed E-state index contributed by atoms with van der Waals surface area (Å²) in [6, 6.07) is 8.26. The molecular weight excluding hydrogens is 260 g/mol. The predicted molar refractivity (Wildman–Crippen MR) is 78.6 cm³/mol. The van der Waals surface area contributed by atoms with E-state index in [1.807, 2.05) is 24.3 Å². The molecule has 2 N–H and O–H groups in total. The first-order chi connectivity index (χ1) is 8.87. The molecule has 0 aromatic heterocycles. The number of sulfone groups is 1. The van der Waals surface area contributed by atoms with Gasteiger partial charge in [0.15, 0.2) is 9.84 Å². The maximum absolute atomic E-state index is 11.6. The van der Waals surface area contributed by atoms with Crippen molar-refractivity contribution < 1.29 is 8.42 Å². The number of hydrogen-bond donors (Lipinski definition) is 1. The summed E-state index contributed by atoms with van der Waals surface area (Å²) in [6.45, 7) is 5.00. The monoisotopic (exact) mass is 282 g/mol. The fourth-order valence-electron chi connectivity index (χ4n) is 2.60. The highest BCUT2D eigenvalue weighted by Gasteiger charge is 2.33. The van der Waals surface area contributed by atoms with Gasteiger partial charge in [-0.3, -0.25) is 4.90 Å². The number of nitrogens with two attached hydrogens (primary N) is 1. The van der Waals surface area contributed by atoms with Crippen LogP contribution in [0.3, 0.4) is 0 Å². The van der Waals surface area contributed by atoms with Crippen LogP contribution in [0.2, 0.25) is 0 Å². The van der Waals surface area contributed by atoms with Gasteiger partial charge in [-0.1, -0.05) is 12.1 Å². The van der Waals surface area contributed by atoms with Crippen molar-refractivity contribution in [1.29, 1.82) is 0 Å². The minimum absolute atomic E-state index is 0.141. The molecule has 0 radical (unpaired) electrons. The molecule has 1 aliphatic rings. The van der Waals surface area contributed by atoms with E-state index in [9.17, 15) is 8.42 Å². The van der Waals surface area contributed by atoms with Crippen LogP contribution in [0.15, 0.2) is 24.3 Å². The molecule has 106 valence electrons. The topological polar surface area (TPSA) is 63.4 Å². The summed E-state index contributed by atoms with van der Waals surface area (Å²) in [5.74, 6) is 0.614. The third-order valence-corrected chi connectivity index (χ3v) is 5.44.